The first-order valence-electron chi connectivity index (χ1n) is 5.71. The number of hydrogen-bond donors (Lipinski definition) is 0. The second kappa shape index (κ2) is 3.95. The van der Waals surface area contributed by atoms with E-state index in [9.17, 15) is 5.21 Å². The lowest BCUT2D eigenvalue weighted by atomic mass is 10.0. The Hall–Kier alpha value is -0.860. The summed E-state index contributed by atoms with van der Waals surface area (Å²) in [5, 5.41) is 12.3. The van der Waals surface area contributed by atoms with Crippen LogP contribution in [-0.2, 0) is 6.42 Å². The average molecular weight is 205 g/mol. The highest BCUT2D eigenvalue weighted by Crippen LogP contribution is 2.31. The lowest BCUT2D eigenvalue weighted by Gasteiger charge is -2.44. The van der Waals surface area contributed by atoms with Gasteiger partial charge in [0.15, 0.2) is 0 Å². The van der Waals surface area contributed by atoms with Crippen molar-refractivity contribution in [3.63, 3.8) is 0 Å². The largest absolute Gasteiger partial charge is 0.633 e. The zero-order valence-electron chi connectivity index (χ0n) is 9.52. The fourth-order valence-electron chi connectivity index (χ4n) is 2.48. The summed E-state index contributed by atoms with van der Waals surface area (Å²) in [5.74, 6) is 0. The van der Waals surface area contributed by atoms with E-state index in [1.807, 2.05) is 25.2 Å². The van der Waals surface area contributed by atoms with Crippen molar-refractivity contribution < 1.29 is 4.65 Å². The van der Waals surface area contributed by atoms with Gasteiger partial charge in [0.2, 0.25) is 0 Å². The van der Waals surface area contributed by atoms with E-state index in [1.54, 1.807) is 0 Å². The van der Waals surface area contributed by atoms with Crippen molar-refractivity contribution in [2.75, 3.05) is 7.05 Å². The van der Waals surface area contributed by atoms with Gasteiger partial charge in [0.25, 0.3) is 0 Å². The van der Waals surface area contributed by atoms with E-state index >= 15 is 0 Å². The smallest absolute Gasteiger partial charge is 0.0930 e. The quantitative estimate of drug-likeness (QED) is 0.538. The van der Waals surface area contributed by atoms with Gasteiger partial charge < -0.3 is 9.85 Å². The predicted octanol–water partition coefficient (Wildman–Crippen LogP) is 2.72. The number of hydroxylamine groups is 3. The van der Waals surface area contributed by atoms with Crippen LogP contribution in [0.5, 0.6) is 0 Å². The van der Waals surface area contributed by atoms with Gasteiger partial charge in [-0.25, -0.2) is 0 Å². The normalized spacial score (nSPS) is 35.7. The summed E-state index contributed by atoms with van der Waals surface area (Å²) in [7, 11) is 1.82. The van der Waals surface area contributed by atoms with E-state index in [4.69, 9.17) is 0 Å². The van der Waals surface area contributed by atoms with Crippen LogP contribution in [0.3, 0.4) is 0 Å². The highest BCUT2D eigenvalue weighted by Gasteiger charge is 2.36. The van der Waals surface area contributed by atoms with E-state index in [0.29, 0.717) is 0 Å². The Morgan fingerprint density at radius 1 is 1.27 bits per heavy atom. The Morgan fingerprint density at radius 2 is 1.93 bits per heavy atom. The number of rotatable bonds is 2. The minimum atomic E-state index is -0.0606. The van der Waals surface area contributed by atoms with Crippen molar-refractivity contribution in [3.05, 3.63) is 41.1 Å². The van der Waals surface area contributed by atoms with Gasteiger partial charge in [-0.15, -0.1) is 0 Å². The van der Waals surface area contributed by atoms with Crippen LogP contribution < -0.4 is 0 Å². The second-order valence-electron chi connectivity index (χ2n) is 4.83. The van der Waals surface area contributed by atoms with Crippen LogP contribution in [0.1, 0.15) is 25.3 Å². The summed E-state index contributed by atoms with van der Waals surface area (Å²) < 4.78 is -0.0606. The molecule has 1 aromatic rings. The lowest BCUT2D eigenvalue weighted by molar-refractivity contribution is -0.894. The Labute approximate surface area is 91.7 Å². The second-order valence-corrected chi connectivity index (χ2v) is 4.83. The molecule has 0 bridgehead atoms. The fraction of sp³-hybridized carbons (Fsp3) is 0.538. The predicted molar refractivity (Wildman–Crippen MR) is 62.2 cm³/mol. The highest BCUT2D eigenvalue weighted by molar-refractivity contribution is 5.15. The summed E-state index contributed by atoms with van der Waals surface area (Å²) in [6.45, 7) is 2.07. The molecular weight excluding hydrogens is 186 g/mol. The van der Waals surface area contributed by atoms with Gasteiger partial charge in [-0.2, -0.15) is 0 Å². The zero-order chi connectivity index (χ0) is 10.9. The summed E-state index contributed by atoms with van der Waals surface area (Å²) in [6, 6.07) is 10.9. The highest BCUT2D eigenvalue weighted by atomic mass is 16.5. The number of hydrogen-bond acceptors (Lipinski definition) is 1. The molecule has 15 heavy (non-hydrogen) atoms. The summed E-state index contributed by atoms with van der Waals surface area (Å²) in [5.41, 5.74) is 1.29. The molecule has 0 aromatic heterocycles. The van der Waals surface area contributed by atoms with Gasteiger partial charge in [0.1, 0.15) is 0 Å². The van der Waals surface area contributed by atoms with Crippen molar-refractivity contribution in [3.8, 4) is 0 Å². The van der Waals surface area contributed by atoms with Crippen LogP contribution in [0.4, 0.5) is 0 Å². The number of likely N-dealkylation sites (N-methyl/N-ethyl adjacent to an activating group) is 1. The van der Waals surface area contributed by atoms with E-state index < -0.39 is 0 Å². The van der Waals surface area contributed by atoms with E-state index in [0.717, 1.165) is 19.3 Å². The van der Waals surface area contributed by atoms with Crippen LogP contribution in [-0.4, -0.2) is 23.8 Å². The molecule has 0 aliphatic carbocycles. The third-order valence-corrected chi connectivity index (χ3v) is 3.83. The van der Waals surface area contributed by atoms with E-state index in [1.165, 1.54) is 5.56 Å². The fourth-order valence-corrected chi connectivity index (χ4v) is 2.48. The van der Waals surface area contributed by atoms with E-state index in [2.05, 4.69) is 19.1 Å². The maximum atomic E-state index is 12.3. The van der Waals surface area contributed by atoms with Crippen LogP contribution >= 0.6 is 0 Å². The summed E-state index contributed by atoms with van der Waals surface area (Å²) >= 11 is 0. The van der Waals surface area contributed by atoms with Crippen molar-refractivity contribution in [1.82, 2.24) is 0 Å². The maximum Gasteiger partial charge on any atom is 0.0930 e. The third kappa shape index (κ3) is 2.06. The third-order valence-electron chi connectivity index (χ3n) is 3.83. The first kappa shape index (κ1) is 10.7. The standard InChI is InChI=1S/C13H19NO/c1-11-8-9-13(14(11,2)15)10-12-6-4-3-5-7-12/h3-7,11,13H,8-10H2,1-2H3/t11-,13+,14?/m1/s1. The van der Waals surface area contributed by atoms with Crippen molar-refractivity contribution in [2.24, 2.45) is 0 Å². The van der Waals surface area contributed by atoms with Crippen molar-refractivity contribution in [1.29, 1.82) is 0 Å². The topological polar surface area (TPSA) is 23.1 Å². The molecule has 0 N–H and O–H groups in total. The van der Waals surface area contributed by atoms with Gasteiger partial charge in [-0.05, 0) is 12.5 Å². The van der Waals surface area contributed by atoms with Crippen molar-refractivity contribution >= 4 is 0 Å². The Morgan fingerprint density at radius 3 is 2.47 bits per heavy atom. The molecule has 0 amide bonds. The van der Waals surface area contributed by atoms with Crippen LogP contribution in [0.25, 0.3) is 0 Å². The number of likely N-dealkylation sites (tertiary alicyclic amines) is 1. The molecule has 1 aliphatic rings. The molecule has 2 heteroatoms. The monoisotopic (exact) mass is 205 g/mol. The van der Waals surface area contributed by atoms with Gasteiger partial charge in [0.05, 0.1) is 19.1 Å². The minimum Gasteiger partial charge on any atom is -0.633 e. The molecule has 3 atom stereocenters. The molecule has 1 aromatic carbocycles. The Balaban J connectivity index is 2.08. The Bertz CT molecular complexity index is 321. The lowest BCUT2D eigenvalue weighted by Crippen LogP contribution is -2.47. The molecule has 2 nitrogen and oxygen atoms in total. The average Bonchev–Trinajstić information content (AvgIpc) is 2.47. The molecule has 0 radical (unpaired) electrons. The molecule has 1 fully saturated rings. The molecular formula is C13H19NO. The molecule has 1 aliphatic heterocycles. The first-order chi connectivity index (χ1) is 7.10. The number of nitrogens with zero attached hydrogens (tertiary/aromatic N) is 1. The van der Waals surface area contributed by atoms with Crippen LogP contribution in [0.15, 0.2) is 30.3 Å². The Kier molecular flexibility index (Phi) is 2.81. The molecule has 82 valence electrons. The van der Waals surface area contributed by atoms with Gasteiger partial charge >= 0.3 is 0 Å². The maximum absolute atomic E-state index is 12.3. The number of benzene rings is 1. The molecule has 0 saturated carbocycles. The van der Waals surface area contributed by atoms with Gasteiger partial charge in [-0.1, -0.05) is 30.3 Å². The summed E-state index contributed by atoms with van der Waals surface area (Å²) in [6.07, 6.45) is 3.05. The molecule has 0 spiro atoms. The molecule has 1 saturated heterocycles. The van der Waals surface area contributed by atoms with E-state index in [-0.39, 0.29) is 16.7 Å². The van der Waals surface area contributed by atoms with Crippen molar-refractivity contribution in [2.45, 2.75) is 38.3 Å². The minimum absolute atomic E-state index is 0.0606. The number of quaternary nitrogens is 1. The van der Waals surface area contributed by atoms with Gasteiger partial charge in [-0.3, -0.25) is 0 Å². The first-order valence-corrected chi connectivity index (χ1v) is 5.71. The van der Waals surface area contributed by atoms with Crippen LogP contribution in [0, 0.1) is 5.21 Å². The molecule has 1 heterocycles. The summed E-state index contributed by atoms with van der Waals surface area (Å²) in [4.78, 5) is 0. The molecule has 1 unspecified atom stereocenters. The molecule has 2 rings (SSSR count). The zero-order valence-corrected chi connectivity index (χ0v) is 9.52. The van der Waals surface area contributed by atoms with Gasteiger partial charge in [0, 0.05) is 19.3 Å². The SMILES string of the molecule is C[C@@H]1CC[C@@H](Cc2ccccc2)[N+]1(C)[O-]. The van der Waals surface area contributed by atoms with Crippen LogP contribution in [0.2, 0.25) is 0 Å².